The van der Waals surface area contributed by atoms with Gasteiger partial charge in [-0.15, -0.1) is 0 Å². The maximum Gasteiger partial charge on any atom is 0.348 e. The first-order valence-electron chi connectivity index (χ1n) is 6.24. The first-order chi connectivity index (χ1) is 10.0. The Kier molecular flexibility index (Phi) is 4.10. The summed E-state index contributed by atoms with van der Waals surface area (Å²) in [5.41, 5.74) is -1.24. The van der Waals surface area contributed by atoms with Gasteiger partial charge in [0.1, 0.15) is 0 Å². The van der Waals surface area contributed by atoms with Gasteiger partial charge in [0.2, 0.25) is 0 Å². The lowest BCUT2D eigenvalue weighted by molar-refractivity contribution is -0.144. The number of hydrogen-bond acceptors (Lipinski definition) is 6. The molecule has 9 heteroatoms. The summed E-state index contributed by atoms with van der Waals surface area (Å²) in [5.74, 6) is -1.18. The number of nitrogens with zero attached hydrogens (tertiary/aromatic N) is 3. The molecule has 1 aliphatic rings. The summed E-state index contributed by atoms with van der Waals surface area (Å²) in [5, 5.41) is 0. The maximum atomic E-state index is 12.3. The van der Waals surface area contributed by atoms with Gasteiger partial charge in [0.15, 0.2) is 6.04 Å². The zero-order valence-corrected chi connectivity index (χ0v) is 11.6. The first kappa shape index (κ1) is 14.8. The molecule has 2 rings (SSSR count). The molecular weight excluding hydrogens is 282 g/mol. The summed E-state index contributed by atoms with van der Waals surface area (Å²) < 4.78 is 12.2. The van der Waals surface area contributed by atoms with Crippen molar-refractivity contribution in [3.63, 3.8) is 0 Å². The van der Waals surface area contributed by atoms with E-state index in [4.69, 9.17) is 0 Å². The molecule has 1 unspecified atom stereocenters. The van der Waals surface area contributed by atoms with Gasteiger partial charge in [-0.1, -0.05) is 12.2 Å². The molecule has 0 saturated heterocycles. The van der Waals surface area contributed by atoms with Gasteiger partial charge in [0.25, 0.3) is 0 Å². The molecule has 0 fully saturated rings. The van der Waals surface area contributed by atoms with Crippen molar-refractivity contribution in [1.29, 1.82) is 0 Å². The molecule has 0 N–H and O–H groups in total. The van der Waals surface area contributed by atoms with E-state index >= 15 is 0 Å². The molecule has 1 aromatic rings. The molecular formula is C12H15N3O6. The van der Waals surface area contributed by atoms with E-state index in [-0.39, 0.29) is 19.5 Å². The maximum absolute atomic E-state index is 12.3. The molecule has 0 radical (unpaired) electrons. The molecule has 0 saturated carbocycles. The van der Waals surface area contributed by atoms with Crippen LogP contribution in [0.4, 0.5) is 0 Å². The Bertz CT molecular complexity index is 708. The van der Waals surface area contributed by atoms with Crippen LogP contribution in [-0.4, -0.2) is 40.1 Å². The zero-order valence-electron chi connectivity index (χ0n) is 11.6. The van der Waals surface area contributed by atoms with Gasteiger partial charge in [-0.2, -0.15) is 0 Å². The minimum Gasteiger partial charge on any atom is -0.469 e. The Morgan fingerprint density at radius 1 is 1.24 bits per heavy atom. The highest BCUT2D eigenvalue weighted by molar-refractivity contribution is 5.76. The molecule has 0 spiro atoms. The van der Waals surface area contributed by atoms with E-state index in [9.17, 15) is 19.2 Å². The number of hydrogen-bond donors (Lipinski definition) is 0. The van der Waals surface area contributed by atoms with E-state index in [1.807, 2.05) is 0 Å². The van der Waals surface area contributed by atoms with Crippen molar-refractivity contribution in [1.82, 2.24) is 13.9 Å². The zero-order chi connectivity index (χ0) is 15.6. The fraction of sp³-hybridized carbons (Fsp3) is 0.500. The highest BCUT2D eigenvalue weighted by Gasteiger charge is 2.28. The molecule has 0 aliphatic carbocycles. The van der Waals surface area contributed by atoms with Crippen molar-refractivity contribution < 1.29 is 19.1 Å². The molecule has 1 aromatic heterocycles. The number of carbonyl (C=O) groups excluding carboxylic acids is 2. The highest BCUT2D eigenvalue weighted by Crippen LogP contribution is 2.11. The summed E-state index contributed by atoms with van der Waals surface area (Å²) in [6.45, 7) is 0.0675. The second kappa shape index (κ2) is 5.81. The van der Waals surface area contributed by atoms with Crippen LogP contribution >= 0.6 is 0 Å². The molecule has 9 nitrogen and oxygen atoms in total. The summed E-state index contributed by atoms with van der Waals surface area (Å²) in [6.07, 6.45) is 3.00. The second-order valence-electron chi connectivity index (χ2n) is 4.37. The van der Waals surface area contributed by atoms with Gasteiger partial charge in [0, 0.05) is 6.54 Å². The molecule has 114 valence electrons. The number of esters is 2. The first-order valence-corrected chi connectivity index (χ1v) is 6.24. The number of rotatable bonds is 4. The number of methoxy groups -OCH3 is 2. The van der Waals surface area contributed by atoms with Gasteiger partial charge >= 0.3 is 23.3 Å². The minimum absolute atomic E-state index is 0.105. The van der Waals surface area contributed by atoms with Crippen molar-refractivity contribution >= 4 is 11.9 Å². The Morgan fingerprint density at radius 2 is 1.95 bits per heavy atom. The van der Waals surface area contributed by atoms with E-state index in [0.717, 1.165) is 13.9 Å². The van der Waals surface area contributed by atoms with Gasteiger partial charge in [-0.05, 0) is 0 Å². The third-order valence-electron chi connectivity index (χ3n) is 3.21. The molecule has 2 heterocycles. The fourth-order valence-corrected chi connectivity index (χ4v) is 2.14. The van der Waals surface area contributed by atoms with E-state index < -0.39 is 29.4 Å². The lowest BCUT2D eigenvalue weighted by Gasteiger charge is -2.18. The second-order valence-corrected chi connectivity index (χ2v) is 4.37. The number of fused-ring (bicyclic) bond motifs is 1. The van der Waals surface area contributed by atoms with Gasteiger partial charge < -0.3 is 9.47 Å². The predicted octanol–water partition coefficient (Wildman–Crippen LogP) is -1.34. The van der Waals surface area contributed by atoms with Crippen LogP contribution in [0.15, 0.2) is 21.7 Å². The number of aromatic nitrogens is 3. The van der Waals surface area contributed by atoms with Crippen LogP contribution in [0, 0.1) is 0 Å². The Labute approximate surface area is 119 Å². The van der Waals surface area contributed by atoms with Crippen molar-refractivity contribution in [2.45, 2.75) is 25.6 Å². The largest absolute Gasteiger partial charge is 0.469 e. The SMILES string of the molecule is COC(=O)CCn1c(=O)n2n(c1=O)C(C(=O)OC)C=CC2. The molecule has 1 atom stereocenters. The molecule has 21 heavy (non-hydrogen) atoms. The molecule has 0 aromatic carbocycles. The van der Waals surface area contributed by atoms with Gasteiger partial charge in [-0.3, -0.25) is 4.79 Å². The van der Waals surface area contributed by atoms with Gasteiger partial charge in [-0.25, -0.2) is 28.3 Å². The standard InChI is InChI=1S/C12H15N3O6/c1-20-9(16)5-7-13-11(18)14-6-3-4-8(10(17)21-2)15(14)12(13)19/h3-4,8H,5-7H2,1-2H3. The fourth-order valence-electron chi connectivity index (χ4n) is 2.14. The Hall–Kier alpha value is -2.58. The average molecular weight is 297 g/mol. The van der Waals surface area contributed by atoms with Crippen molar-refractivity contribution in [2.24, 2.45) is 0 Å². The quantitative estimate of drug-likeness (QED) is 0.503. The van der Waals surface area contributed by atoms with Crippen LogP contribution in [0.2, 0.25) is 0 Å². The van der Waals surface area contributed by atoms with E-state index in [0.29, 0.717) is 0 Å². The van der Waals surface area contributed by atoms with Crippen LogP contribution in [0.1, 0.15) is 12.5 Å². The van der Waals surface area contributed by atoms with E-state index in [2.05, 4.69) is 9.47 Å². The van der Waals surface area contributed by atoms with Crippen LogP contribution < -0.4 is 11.4 Å². The van der Waals surface area contributed by atoms with Crippen molar-refractivity contribution in [3.05, 3.63) is 33.1 Å². The smallest absolute Gasteiger partial charge is 0.348 e. The topological polar surface area (TPSA) is 102 Å². The monoisotopic (exact) mass is 297 g/mol. The Morgan fingerprint density at radius 3 is 2.57 bits per heavy atom. The van der Waals surface area contributed by atoms with Crippen molar-refractivity contribution in [3.8, 4) is 0 Å². The van der Waals surface area contributed by atoms with Crippen LogP contribution in [-0.2, 0) is 32.2 Å². The predicted molar refractivity (Wildman–Crippen MR) is 69.8 cm³/mol. The van der Waals surface area contributed by atoms with Crippen LogP contribution in [0.25, 0.3) is 0 Å². The number of ether oxygens (including phenoxy) is 2. The summed E-state index contributed by atoms with van der Waals surface area (Å²) in [7, 11) is 2.42. The lowest BCUT2D eigenvalue weighted by atomic mass is 10.2. The minimum atomic E-state index is -0.983. The normalized spacial score (nSPS) is 16.4. The van der Waals surface area contributed by atoms with Crippen LogP contribution in [0.5, 0.6) is 0 Å². The summed E-state index contributed by atoms with van der Waals surface area (Å²) in [4.78, 5) is 47.2. The molecule has 0 bridgehead atoms. The lowest BCUT2D eigenvalue weighted by Crippen LogP contribution is -2.36. The molecule has 0 amide bonds. The summed E-state index contributed by atoms with van der Waals surface area (Å²) in [6, 6.07) is -0.983. The average Bonchev–Trinajstić information content (AvgIpc) is 2.75. The molecule has 1 aliphatic heterocycles. The highest BCUT2D eigenvalue weighted by atomic mass is 16.5. The third kappa shape index (κ3) is 2.54. The van der Waals surface area contributed by atoms with E-state index in [1.54, 1.807) is 6.08 Å². The third-order valence-corrected chi connectivity index (χ3v) is 3.21. The number of allylic oxidation sites excluding steroid dienone is 1. The van der Waals surface area contributed by atoms with E-state index in [1.165, 1.54) is 20.3 Å². The summed E-state index contributed by atoms with van der Waals surface area (Å²) >= 11 is 0. The Balaban J connectivity index is 2.42. The van der Waals surface area contributed by atoms with Gasteiger partial charge in [0.05, 0.1) is 27.2 Å². The van der Waals surface area contributed by atoms with Crippen molar-refractivity contribution in [2.75, 3.05) is 14.2 Å². The number of carbonyl (C=O) groups is 2. The van der Waals surface area contributed by atoms with Crippen LogP contribution in [0.3, 0.4) is 0 Å².